The van der Waals surface area contributed by atoms with Crippen molar-refractivity contribution in [2.75, 3.05) is 5.32 Å². The highest BCUT2D eigenvalue weighted by Gasteiger charge is 2.06. The van der Waals surface area contributed by atoms with E-state index in [2.05, 4.69) is 15.4 Å². The molecule has 2 heterocycles. The fraction of sp³-hybridized carbons (Fsp3) is 0.167. The lowest BCUT2D eigenvalue weighted by atomic mass is 10.4. The molecule has 6 nitrogen and oxygen atoms in total. The second-order valence-corrected chi connectivity index (χ2v) is 3.76. The Hall–Kier alpha value is -2.50. The molecule has 0 spiro atoms. The first kappa shape index (κ1) is 12.0. The third-order valence-electron chi connectivity index (χ3n) is 2.24. The Bertz CT molecular complexity index is 607. The van der Waals surface area contributed by atoms with Gasteiger partial charge in [0.2, 0.25) is 5.91 Å². The molecule has 0 aliphatic carbocycles. The van der Waals surface area contributed by atoms with Crippen LogP contribution in [0.15, 0.2) is 41.5 Å². The number of rotatable bonds is 3. The van der Waals surface area contributed by atoms with Crippen LogP contribution in [0.3, 0.4) is 0 Å². The molecule has 92 valence electrons. The molecule has 0 aliphatic rings. The van der Waals surface area contributed by atoms with E-state index in [0.29, 0.717) is 11.4 Å². The van der Waals surface area contributed by atoms with Crippen molar-refractivity contribution in [3.05, 3.63) is 52.7 Å². The number of nitrogens with one attached hydrogen (secondary N) is 1. The van der Waals surface area contributed by atoms with Gasteiger partial charge in [-0.1, -0.05) is 0 Å². The smallest absolute Gasteiger partial charge is 0.267 e. The maximum absolute atomic E-state index is 11.7. The summed E-state index contributed by atoms with van der Waals surface area (Å²) in [4.78, 5) is 27.1. The predicted octanol–water partition coefficient (Wildman–Crippen LogP) is 0.585. The first-order valence-corrected chi connectivity index (χ1v) is 5.40. The SMILES string of the molecule is Cc1ccc(=O)n(CC(=O)Nc2cccnc2)n1. The van der Waals surface area contributed by atoms with Gasteiger partial charge in [-0.3, -0.25) is 14.6 Å². The Morgan fingerprint density at radius 1 is 1.39 bits per heavy atom. The lowest BCUT2D eigenvalue weighted by Crippen LogP contribution is -2.29. The van der Waals surface area contributed by atoms with Gasteiger partial charge >= 0.3 is 0 Å². The molecule has 18 heavy (non-hydrogen) atoms. The number of carbonyl (C=O) groups excluding carboxylic acids is 1. The summed E-state index contributed by atoms with van der Waals surface area (Å²) in [7, 11) is 0. The van der Waals surface area contributed by atoms with Crippen LogP contribution in [0.5, 0.6) is 0 Å². The van der Waals surface area contributed by atoms with Gasteiger partial charge in [0, 0.05) is 12.3 Å². The molecule has 0 atom stereocenters. The molecule has 6 heteroatoms. The van der Waals surface area contributed by atoms with Crippen LogP contribution in [0.1, 0.15) is 5.69 Å². The molecule has 0 saturated heterocycles. The molecule has 2 rings (SSSR count). The highest BCUT2D eigenvalue weighted by Crippen LogP contribution is 2.02. The van der Waals surface area contributed by atoms with Crippen molar-refractivity contribution in [1.82, 2.24) is 14.8 Å². The van der Waals surface area contributed by atoms with Crippen molar-refractivity contribution < 1.29 is 4.79 Å². The minimum absolute atomic E-state index is 0.116. The number of amides is 1. The minimum atomic E-state index is -0.316. The van der Waals surface area contributed by atoms with Crippen molar-refractivity contribution in [3.8, 4) is 0 Å². The van der Waals surface area contributed by atoms with Crippen LogP contribution in [0.25, 0.3) is 0 Å². The Labute approximate surface area is 103 Å². The zero-order chi connectivity index (χ0) is 13.0. The fourth-order valence-corrected chi connectivity index (χ4v) is 1.44. The van der Waals surface area contributed by atoms with Crippen molar-refractivity contribution in [1.29, 1.82) is 0 Å². The van der Waals surface area contributed by atoms with Gasteiger partial charge in [-0.05, 0) is 25.1 Å². The zero-order valence-corrected chi connectivity index (χ0v) is 9.83. The van der Waals surface area contributed by atoms with Crippen molar-refractivity contribution in [3.63, 3.8) is 0 Å². The normalized spacial score (nSPS) is 10.1. The molecule has 0 fully saturated rings. The minimum Gasteiger partial charge on any atom is -0.323 e. The first-order valence-electron chi connectivity index (χ1n) is 5.40. The summed E-state index contributed by atoms with van der Waals surface area (Å²) >= 11 is 0. The summed E-state index contributed by atoms with van der Waals surface area (Å²) in [6.45, 7) is 1.64. The van der Waals surface area contributed by atoms with Gasteiger partial charge in [0.25, 0.3) is 5.56 Å². The third kappa shape index (κ3) is 3.00. The molecule has 1 amide bonds. The number of carbonyl (C=O) groups is 1. The molecular weight excluding hydrogens is 232 g/mol. The van der Waals surface area contributed by atoms with Gasteiger partial charge in [0.15, 0.2) is 0 Å². The van der Waals surface area contributed by atoms with E-state index in [0.717, 1.165) is 4.68 Å². The first-order chi connectivity index (χ1) is 8.65. The van der Waals surface area contributed by atoms with Crippen LogP contribution in [0, 0.1) is 6.92 Å². The zero-order valence-electron chi connectivity index (χ0n) is 9.83. The quantitative estimate of drug-likeness (QED) is 0.857. The van der Waals surface area contributed by atoms with E-state index < -0.39 is 0 Å². The average Bonchev–Trinajstić information content (AvgIpc) is 2.35. The standard InChI is InChI=1S/C12H12N4O2/c1-9-4-5-12(18)16(15-9)8-11(17)14-10-3-2-6-13-7-10/h2-7H,8H2,1H3,(H,14,17). The number of pyridine rings is 1. The maximum atomic E-state index is 11.7. The molecular formula is C12H12N4O2. The molecule has 2 aromatic heterocycles. The summed E-state index contributed by atoms with van der Waals surface area (Å²) in [6, 6.07) is 6.43. The topological polar surface area (TPSA) is 76.9 Å². The predicted molar refractivity (Wildman–Crippen MR) is 66.1 cm³/mol. The van der Waals surface area contributed by atoms with Crippen LogP contribution in [-0.2, 0) is 11.3 Å². The highest BCUT2D eigenvalue weighted by molar-refractivity contribution is 5.90. The molecule has 0 aromatic carbocycles. The van der Waals surface area contributed by atoms with E-state index in [9.17, 15) is 9.59 Å². The van der Waals surface area contributed by atoms with Gasteiger partial charge in [0.1, 0.15) is 6.54 Å². The summed E-state index contributed by atoms with van der Waals surface area (Å²) in [5, 5.41) is 6.62. The number of hydrogen-bond acceptors (Lipinski definition) is 4. The van der Waals surface area contributed by atoms with Gasteiger partial charge in [-0.25, -0.2) is 4.68 Å². The number of aryl methyl sites for hydroxylation is 1. The van der Waals surface area contributed by atoms with Crippen molar-refractivity contribution in [2.24, 2.45) is 0 Å². The number of aromatic nitrogens is 3. The summed E-state index contributed by atoms with van der Waals surface area (Å²) in [5.41, 5.74) is 0.967. The third-order valence-corrected chi connectivity index (χ3v) is 2.24. The van der Waals surface area contributed by atoms with Crippen LogP contribution in [-0.4, -0.2) is 20.7 Å². The Kier molecular flexibility index (Phi) is 3.47. The second kappa shape index (κ2) is 5.22. The number of anilines is 1. The molecule has 0 saturated carbocycles. The number of nitrogens with zero attached hydrogens (tertiary/aromatic N) is 3. The molecule has 2 aromatic rings. The van der Waals surface area contributed by atoms with E-state index in [-0.39, 0.29) is 18.0 Å². The van der Waals surface area contributed by atoms with Crippen LogP contribution >= 0.6 is 0 Å². The van der Waals surface area contributed by atoms with Crippen molar-refractivity contribution in [2.45, 2.75) is 13.5 Å². The maximum Gasteiger partial charge on any atom is 0.267 e. The van der Waals surface area contributed by atoms with Gasteiger partial charge in [-0.2, -0.15) is 5.10 Å². The molecule has 0 unspecified atom stereocenters. The van der Waals surface area contributed by atoms with E-state index in [1.807, 2.05) is 0 Å². The van der Waals surface area contributed by atoms with Gasteiger partial charge in [0.05, 0.1) is 17.6 Å². The molecule has 0 radical (unpaired) electrons. The Balaban J connectivity index is 2.08. The second-order valence-electron chi connectivity index (χ2n) is 3.76. The lowest BCUT2D eigenvalue weighted by Gasteiger charge is -2.06. The lowest BCUT2D eigenvalue weighted by molar-refractivity contribution is -0.117. The monoisotopic (exact) mass is 244 g/mol. The highest BCUT2D eigenvalue weighted by atomic mass is 16.2. The van der Waals surface area contributed by atoms with Crippen molar-refractivity contribution >= 4 is 11.6 Å². The average molecular weight is 244 g/mol. The summed E-state index contributed by atoms with van der Waals surface area (Å²) in [5.74, 6) is -0.316. The van der Waals surface area contributed by atoms with E-state index in [4.69, 9.17) is 0 Å². The van der Waals surface area contributed by atoms with E-state index >= 15 is 0 Å². The molecule has 1 N–H and O–H groups in total. The Morgan fingerprint density at radius 3 is 2.94 bits per heavy atom. The summed E-state index contributed by atoms with van der Waals surface area (Å²) in [6.07, 6.45) is 3.15. The van der Waals surface area contributed by atoms with E-state index in [1.165, 1.54) is 12.3 Å². The molecule has 0 aliphatic heterocycles. The summed E-state index contributed by atoms with van der Waals surface area (Å²) < 4.78 is 1.13. The molecule has 0 bridgehead atoms. The van der Waals surface area contributed by atoms with E-state index in [1.54, 1.807) is 31.3 Å². The largest absolute Gasteiger partial charge is 0.323 e. The Morgan fingerprint density at radius 2 is 2.22 bits per heavy atom. The van der Waals surface area contributed by atoms with Gasteiger partial charge < -0.3 is 5.32 Å². The van der Waals surface area contributed by atoms with Crippen LogP contribution < -0.4 is 10.9 Å². The van der Waals surface area contributed by atoms with Crippen LogP contribution in [0.4, 0.5) is 5.69 Å². The van der Waals surface area contributed by atoms with Crippen LogP contribution in [0.2, 0.25) is 0 Å². The van der Waals surface area contributed by atoms with Gasteiger partial charge in [-0.15, -0.1) is 0 Å². The fourth-order valence-electron chi connectivity index (χ4n) is 1.44. The number of hydrogen-bond donors (Lipinski definition) is 1.